The summed E-state index contributed by atoms with van der Waals surface area (Å²) in [5.74, 6) is 0.727. The van der Waals surface area contributed by atoms with Crippen molar-refractivity contribution in [3.8, 4) is 22.5 Å². The van der Waals surface area contributed by atoms with E-state index in [4.69, 9.17) is 5.10 Å². The van der Waals surface area contributed by atoms with Gasteiger partial charge in [0.25, 0.3) is 0 Å². The van der Waals surface area contributed by atoms with Crippen molar-refractivity contribution in [3.63, 3.8) is 0 Å². The lowest BCUT2D eigenvalue weighted by Gasteiger charge is -2.22. The molecule has 0 spiro atoms. The molecule has 5 rings (SSSR count). The minimum absolute atomic E-state index is 0.190. The van der Waals surface area contributed by atoms with E-state index in [-0.39, 0.29) is 5.82 Å². The van der Waals surface area contributed by atoms with Crippen LogP contribution in [-0.4, -0.2) is 40.9 Å². The third-order valence-electron chi connectivity index (χ3n) is 6.56. The summed E-state index contributed by atoms with van der Waals surface area (Å²) in [5, 5.41) is 11.7. The lowest BCUT2D eigenvalue weighted by Crippen LogP contribution is -2.34. The molecule has 2 aromatic carbocycles. The molecule has 0 aliphatic heterocycles. The van der Waals surface area contributed by atoms with Gasteiger partial charge >= 0.3 is 0 Å². The van der Waals surface area contributed by atoms with Gasteiger partial charge in [0.15, 0.2) is 5.13 Å². The molecule has 2 heterocycles. The second kappa shape index (κ2) is 11.1. The second-order valence-electron chi connectivity index (χ2n) is 9.25. The highest BCUT2D eigenvalue weighted by Gasteiger charge is 2.22. The molecule has 7 heteroatoms. The van der Waals surface area contributed by atoms with Crippen LogP contribution in [-0.2, 0) is 6.54 Å². The third-order valence-corrected chi connectivity index (χ3v) is 7.39. The molecule has 5 nitrogen and oxygen atoms in total. The van der Waals surface area contributed by atoms with E-state index in [9.17, 15) is 4.39 Å². The molecule has 1 N–H and O–H groups in total. The Kier molecular flexibility index (Phi) is 7.54. The van der Waals surface area contributed by atoms with Crippen LogP contribution in [0.3, 0.4) is 0 Å². The van der Waals surface area contributed by atoms with E-state index >= 15 is 0 Å². The summed E-state index contributed by atoms with van der Waals surface area (Å²) in [6, 6.07) is 17.6. The highest BCUT2D eigenvalue weighted by molar-refractivity contribution is 7.13. The van der Waals surface area contributed by atoms with Crippen LogP contribution < -0.4 is 10.2 Å². The summed E-state index contributed by atoms with van der Waals surface area (Å²) in [7, 11) is 0. The van der Waals surface area contributed by atoms with Crippen LogP contribution in [0.1, 0.15) is 24.8 Å². The first-order chi connectivity index (χ1) is 17.2. The van der Waals surface area contributed by atoms with E-state index in [1.807, 2.05) is 30.5 Å². The van der Waals surface area contributed by atoms with Gasteiger partial charge in [0, 0.05) is 43.3 Å². The molecule has 1 aliphatic rings. The molecule has 0 atom stereocenters. The van der Waals surface area contributed by atoms with Crippen LogP contribution in [0.2, 0.25) is 0 Å². The summed E-state index contributed by atoms with van der Waals surface area (Å²) in [6.45, 7) is 6.29. The van der Waals surface area contributed by atoms with Gasteiger partial charge in [-0.2, -0.15) is 5.10 Å². The van der Waals surface area contributed by atoms with Crippen LogP contribution in [0.15, 0.2) is 66.2 Å². The molecule has 0 amide bonds. The van der Waals surface area contributed by atoms with Crippen molar-refractivity contribution >= 4 is 16.5 Å². The monoisotopic (exact) mass is 489 g/mol. The Hall–Kier alpha value is -3.03. The number of rotatable bonds is 12. The Morgan fingerprint density at radius 1 is 1.06 bits per heavy atom. The third kappa shape index (κ3) is 6.16. The Balaban J connectivity index is 1.23. The molecule has 2 aromatic heterocycles. The SMILES string of the molecule is Cc1cc(-c2cc(-c3ccccc3)n(CCNCCN(CCC3CC3)c3nccs3)n2)ccc1F. The average molecular weight is 490 g/mol. The van der Waals surface area contributed by atoms with Gasteiger partial charge in [-0.25, -0.2) is 9.37 Å². The van der Waals surface area contributed by atoms with Crippen LogP contribution in [0.25, 0.3) is 22.5 Å². The number of aromatic nitrogens is 3. The molecule has 1 saturated carbocycles. The summed E-state index contributed by atoms with van der Waals surface area (Å²) in [5.41, 5.74) is 4.62. The summed E-state index contributed by atoms with van der Waals surface area (Å²) in [6.07, 6.45) is 5.92. The molecule has 1 aliphatic carbocycles. The van der Waals surface area contributed by atoms with Crippen LogP contribution in [0.5, 0.6) is 0 Å². The molecule has 0 bridgehead atoms. The molecule has 1 fully saturated rings. The van der Waals surface area contributed by atoms with Gasteiger partial charge in [0.1, 0.15) is 5.82 Å². The molecular formula is C28H32FN5S. The fourth-order valence-corrected chi connectivity index (χ4v) is 5.01. The van der Waals surface area contributed by atoms with Crippen LogP contribution >= 0.6 is 11.3 Å². The topological polar surface area (TPSA) is 46.0 Å². The fourth-order valence-electron chi connectivity index (χ4n) is 4.32. The first-order valence-electron chi connectivity index (χ1n) is 12.4. The van der Waals surface area contributed by atoms with Gasteiger partial charge < -0.3 is 10.2 Å². The van der Waals surface area contributed by atoms with E-state index in [1.54, 1.807) is 24.3 Å². The first-order valence-corrected chi connectivity index (χ1v) is 13.3. The number of nitrogens with zero attached hydrogens (tertiary/aromatic N) is 4. The minimum atomic E-state index is -0.190. The summed E-state index contributed by atoms with van der Waals surface area (Å²) >= 11 is 1.72. The lowest BCUT2D eigenvalue weighted by atomic mass is 10.1. The maximum Gasteiger partial charge on any atom is 0.185 e. The molecular weight excluding hydrogens is 457 g/mol. The Morgan fingerprint density at radius 2 is 1.91 bits per heavy atom. The van der Waals surface area contributed by atoms with Crippen molar-refractivity contribution in [2.75, 3.05) is 31.1 Å². The number of benzene rings is 2. The highest BCUT2D eigenvalue weighted by atomic mass is 32.1. The Bertz CT molecular complexity index is 1220. The number of halogens is 1. The summed E-state index contributed by atoms with van der Waals surface area (Å²) < 4.78 is 15.9. The minimum Gasteiger partial charge on any atom is -0.347 e. The smallest absolute Gasteiger partial charge is 0.185 e. The van der Waals surface area contributed by atoms with Crippen molar-refractivity contribution in [2.45, 2.75) is 32.7 Å². The van der Waals surface area contributed by atoms with E-state index in [0.29, 0.717) is 5.56 Å². The number of aryl methyl sites for hydroxylation is 1. The maximum absolute atomic E-state index is 13.8. The van der Waals surface area contributed by atoms with Gasteiger partial charge in [-0.1, -0.05) is 43.2 Å². The van der Waals surface area contributed by atoms with Gasteiger partial charge in [0.2, 0.25) is 0 Å². The van der Waals surface area contributed by atoms with Crippen LogP contribution in [0, 0.1) is 18.7 Å². The van der Waals surface area contributed by atoms with Crippen molar-refractivity contribution in [2.24, 2.45) is 5.92 Å². The molecule has 0 radical (unpaired) electrons. The number of nitrogens with one attached hydrogen (secondary N) is 1. The van der Waals surface area contributed by atoms with Crippen LogP contribution in [0.4, 0.5) is 9.52 Å². The molecule has 4 aromatic rings. The van der Waals surface area contributed by atoms with E-state index < -0.39 is 0 Å². The standard InChI is InChI=1S/C28H32FN5S/c1-21-19-24(9-10-25(21)29)26-20-27(23-5-3-2-4-6-23)34(32-26)17-13-30-12-16-33(15-11-22-7-8-22)28-31-14-18-35-28/h2-6,9-10,14,18-20,22,30H,7-8,11-13,15-17H2,1H3. The average Bonchev–Trinajstić information content (AvgIpc) is 3.36. The van der Waals surface area contributed by atoms with Gasteiger partial charge in [-0.15, -0.1) is 11.3 Å². The Morgan fingerprint density at radius 3 is 2.66 bits per heavy atom. The molecule has 0 saturated heterocycles. The summed E-state index contributed by atoms with van der Waals surface area (Å²) in [4.78, 5) is 6.94. The normalized spacial score (nSPS) is 13.3. The Labute approximate surface area is 210 Å². The molecule has 0 unspecified atom stereocenters. The zero-order valence-electron chi connectivity index (χ0n) is 20.2. The van der Waals surface area contributed by atoms with Crippen molar-refractivity contribution in [1.29, 1.82) is 0 Å². The maximum atomic E-state index is 13.8. The lowest BCUT2D eigenvalue weighted by molar-refractivity contribution is 0.554. The number of hydrogen-bond acceptors (Lipinski definition) is 5. The van der Waals surface area contributed by atoms with Gasteiger partial charge in [-0.05, 0) is 54.7 Å². The predicted molar refractivity (Wildman–Crippen MR) is 142 cm³/mol. The van der Waals surface area contributed by atoms with E-state index in [0.717, 1.165) is 66.3 Å². The fraction of sp³-hybridized carbons (Fsp3) is 0.357. The molecule has 182 valence electrons. The quantitative estimate of drug-likeness (QED) is 0.247. The predicted octanol–water partition coefficient (Wildman–Crippen LogP) is 6.02. The zero-order valence-corrected chi connectivity index (χ0v) is 21.0. The van der Waals surface area contributed by atoms with E-state index in [2.05, 4.69) is 43.5 Å². The highest BCUT2D eigenvalue weighted by Crippen LogP contribution is 2.33. The number of hydrogen-bond donors (Lipinski definition) is 1. The molecule has 35 heavy (non-hydrogen) atoms. The first kappa shape index (κ1) is 23.7. The van der Waals surface area contributed by atoms with Gasteiger partial charge in [0.05, 0.1) is 17.9 Å². The van der Waals surface area contributed by atoms with Crippen molar-refractivity contribution in [1.82, 2.24) is 20.1 Å². The van der Waals surface area contributed by atoms with Gasteiger partial charge in [-0.3, -0.25) is 4.68 Å². The second-order valence-corrected chi connectivity index (χ2v) is 10.1. The van der Waals surface area contributed by atoms with Crippen molar-refractivity contribution < 1.29 is 4.39 Å². The van der Waals surface area contributed by atoms with E-state index in [1.165, 1.54) is 25.3 Å². The number of anilines is 1. The van der Waals surface area contributed by atoms with Crippen molar-refractivity contribution in [3.05, 3.63) is 77.6 Å². The largest absolute Gasteiger partial charge is 0.347 e. The zero-order chi connectivity index (χ0) is 24.0. The number of thiazole rings is 1.